The first kappa shape index (κ1) is 15.7. The molecule has 1 N–H and O–H groups in total. The molecule has 0 aliphatic rings. The van der Waals surface area contributed by atoms with Gasteiger partial charge in [0.15, 0.2) is 0 Å². The number of amides is 1. The number of carbonyl (C=O) groups excluding carboxylic acids is 1. The van der Waals surface area contributed by atoms with E-state index in [0.29, 0.717) is 12.3 Å². The second-order valence-electron chi connectivity index (χ2n) is 5.16. The predicted molar refractivity (Wildman–Crippen MR) is 91.3 cm³/mol. The van der Waals surface area contributed by atoms with E-state index in [1.165, 1.54) is 6.33 Å². The first-order valence-corrected chi connectivity index (χ1v) is 7.72. The van der Waals surface area contributed by atoms with Gasteiger partial charge in [0, 0.05) is 0 Å². The van der Waals surface area contributed by atoms with Crippen LogP contribution in [0.1, 0.15) is 12.5 Å². The Morgan fingerprint density at radius 2 is 1.96 bits per heavy atom. The summed E-state index contributed by atoms with van der Waals surface area (Å²) in [6.45, 7) is 2.56. The monoisotopic (exact) mass is 322 g/mol. The molecule has 1 amide bonds. The lowest BCUT2D eigenvalue weighted by molar-refractivity contribution is -0.115. The first-order chi connectivity index (χ1) is 11.8. The molecule has 24 heavy (non-hydrogen) atoms. The number of aromatic nitrogens is 3. The van der Waals surface area contributed by atoms with Crippen LogP contribution in [0.15, 0.2) is 61.2 Å². The van der Waals surface area contributed by atoms with E-state index in [1.54, 1.807) is 11.0 Å². The fourth-order valence-electron chi connectivity index (χ4n) is 2.36. The molecule has 1 heterocycles. The number of ether oxygens (including phenoxy) is 1. The molecule has 3 rings (SSSR count). The van der Waals surface area contributed by atoms with Gasteiger partial charge in [0.05, 0.1) is 24.4 Å². The van der Waals surface area contributed by atoms with Crippen LogP contribution < -0.4 is 10.1 Å². The molecular weight excluding hydrogens is 304 g/mol. The topological polar surface area (TPSA) is 69.0 Å². The Hall–Kier alpha value is -3.15. The number of hydrogen-bond acceptors (Lipinski definition) is 4. The zero-order valence-corrected chi connectivity index (χ0v) is 13.3. The Morgan fingerprint density at radius 3 is 2.67 bits per heavy atom. The van der Waals surface area contributed by atoms with Gasteiger partial charge in [0.25, 0.3) is 0 Å². The van der Waals surface area contributed by atoms with Crippen molar-refractivity contribution in [1.82, 2.24) is 14.8 Å². The number of para-hydroxylation sites is 2. The summed E-state index contributed by atoms with van der Waals surface area (Å²) in [5.74, 6) is 0.713. The minimum Gasteiger partial charge on any atom is -0.494 e. The van der Waals surface area contributed by atoms with Gasteiger partial charge in [-0.1, -0.05) is 24.3 Å². The fourth-order valence-corrected chi connectivity index (χ4v) is 2.36. The van der Waals surface area contributed by atoms with Gasteiger partial charge >= 0.3 is 0 Å². The molecule has 1 aromatic heterocycles. The van der Waals surface area contributed by atoms with Crippen LogP contribution in [0, 0.1) is 0 Å². The SMILES string of the molecule is CCOc1ccc(CC(=O)Nc2ccccc2-n2cncn2)cc1. The van der Waals surface area contributed by atoms with E-state index in [9.17, 15) is 4.79 Å². The second kappa shape index (κ2) is 7.41. The van der Waals surface area contributed by atoms with E-state index in [2.05, 4.69) is 15.4 Å². The highest BCUT2D eigenvalue weighted by molar-refractivity contribution is 5.94. The summed E-state index contributed by atoms with van der Waals surface area (Å²) >= 11 is 0. The van der Waals surface area contributed by atoms with Crippen molar-refractivity contribution in [2.45, 2.75) is 13.3 Å². The van der Waals surface area contributed by atoms with Crippen molar-refractivity contribution in [3.8, 4) is 11.4 Å². The maximum absolute atomic E-state index is 12.3. The minimum absolute atomic E-state index is 0.0910. The van der Waals surface area contributed by atoms with Crippen molar-refractivity contribution in [3.63, 3.8) is 0 Å². The first-order valence-electron chi connectivity index (χ1n) is 7.72. The Labute approximate surface area is 140 Å². The smallest absolute Gasteiger partial charge is 0.228 e. The van der Waals surface area contributed by atoms with E-state index in [0.717, 1.165) is 17.0 Å². The third-order valence-electron chi connectivity index (χ3n) is 3.44. The number of nitrogens with one attached hydrogen (secondary N) is 1. The number of carbonyl (C=O) groups is 1. The summed E-state index contributed by atoms with van der Waals surface area (Å²) in [6.07, 6.45) is 3.34. The van der Waals surface area contributed by atoms with E-state index >= 15 is 0 Å². The molecule has 6 heteroatoms. The van der Waals surface area contributed by atoms with E-state index in [-0.39, 0.29) is 12.3 Å². The average Bonchev–Trinajstić information content (AvgIpc) is 3.12. The molecule has 0 saturated heterocycles. The Morgan fingerprint density at radius 1 is 1.17 bits per heavy atom. The van der Waals surface area contributed by atoms with Gasteiger partial charge in [0.2, 0.25) is 5.91 Å². The van der Waals surface area contributed by atoms with Crippen molar-refractivity contribution in [2.24, 2.45) is 0 Å². The Bertz CT molecular complexity index is 798. The van der Waals surface area contributed by atoms with Gasteiger partial charge in [-0.25, -0.2) is 9.67 Å². The van der Waals surface area contributed by atoms with Gasteiger partial charge < -0.3 is 10.1 Å². The quantitative estimate of drug-likeness (QED) is 0.757. The molecule has 0 bridgehead atoms. The summed E-state index contributed by atoms with van der Waals surface area (Å²) < 4.78 is 7.02. The molecule has 3 aromatic rings. The van der Waals surface area contributed by atoms with E-state index in [4.69, 9.17) is 4.74 Å². The molecule has 0 aliphatic carbocycles. The molecule has 0 fully saturated rings. The van der Waals surface area contributed by atoms with Crippen molar-refractivity contribution in [2.75, 3.05) is 11.9 Å². The van der Waals surface area contributed by atoms with E-state index < -0.39 is 0 Å². The summed E-state index contributed by atoms with van der Waals surface area (Å²) in [5.41, 5.74) is 2.39. The normalized spacial score (nSPS) is 10.4. The van der Waals surface area contributed by atoms with Gasteiger partial charge in [-0.05, 0) is 36.8 Å². The van der Waals surface area contributed by atoms with Crippen LogP contribution in [0.3, 0.4) is 0 Å². The lowest BCUT2D eigenvalue weighted by Gasteiger charge is -2.11. The van der Waals surface area contributed by atoms with Crippen molar-refractivity contribution in [3.05, 3.63) is 66.7 Å². The molecule has 0 atom stereocenters. The van der Waals surface area contributed by atoms with Crippen LogP contribution in [-0.2, 0) is 11.2 Å². The number of nitrogens with zero attached hydrogens (tertiary/aromatic N) is 3. The van der Waals surface area contributed by atoms with Crippen LogP contribution in [0.4, 0.5) is 5.69 Å². The maximum Gasteiger partial charge on any atom is 0.228 e. The van der Waals surface area contributed by atoms with Crippen LogP contribution >= 0.6 is 0 Å². The summed E-state index contributed by atoms with van der Waals surface area (Å²) in [6, 6.07) is 15.0. The number of benzene rings is 2. The third kappa shape index (κ3) is 3.78. The zero-order chi connectivity index (χ0) is 16.8. The van der Waals surface area contributed by atoms with Crippen LogP contribution in [0.25, 0.3) is 5.69 Å². The second-order valence-corrected chi connectivity index (χ2v) is 5.16. The van der Waals surface area contributed by atoms with Gasteiger partial charge in [0.1, 0.15) is 18.4 Å². The molecule has 0 aliphatic heterocycles. The highest BCUT2D eigenvalue weighted by atomic mass is 16.5. The Balaban J connectivity index is 1.69. The van der Waals surface area contributed by atoms with Crippen LogP contribution in [0.5, 0.6) is 5.75 Å². The Kier molecular flexibility index (Phi) is 4.86. The number of rotatable bonds is 6. The molecule has 0 saturated carbocycles. The molecule has 2 aromatic carbocycles. The highest BCUT2D eigenvalue weighted by Gasteiger charge is 2.09. The van der Waals surface area contributed by atoms with Gasteiger partial charge in [-0.3, -0.25) is 4.79 Å². The molecule has 0 radical (unpaired) electrons. The lowest BCUT2D eigenvalue weighted by atomic mass is 10.1. The summed E-state index contributed by atoms with van der Waals surface area (Å²) in [7, 11) is 0. The molecule has 0 unspecified atom stereocenters. The number of anilines is 1. The molecule has 0 spiro atoms. The maximum atomic E-state index is 12.3. The predicted octanol–water partition coefficient (Wildman–Crippen LogP) is 2.85. The van der Waals surface area contributed by atoms with Crippen molar-refractivity contribution >= 4 is 11.6 Å². The van der Waals surface area contributed by atoms with Gasteiger partial charge in [-0.2, -0.15) is 5.10 Å². The summed E-state index contributed by atoms with van der Waals surface area (Å²) in [5, 5.41) is 7.03. The standard InChI is InChI=1S/C18H18N4O2/c1-2-24-15-9-7-14(8-10-15)11-18(23)21-16-5-3-4-6-17(16)22-13-19-12-20-22/h3-10,12-13H,2,11H2,1H3,(H,21,23). The van der Waals surface area contributed by atoms with Crippen LogP contribution in [-0.4, -0.2) is 27.3 Å². The molecular formula is C18H18N4O2. The van der Waals surface area contributed by atoms with Crippen LogP contribution in [0.2, 0.25) is 0 Å². The minimum atomic E-state index is -0.0910. The largest absolute Gasteiger partial charge is 0.494 e. The fraction of sp³-hybridized carbons (Fsp3) is 0.167. The molecule has 6 nitrogen and oxygen atoms in total. The van der Waals surface area contributed by atoms with Crippen molar-refractivity contribution < 1.29 is 9.53 Å². The summed E-state index contributed by atoms with van der Waals surface area (Å²) in [4.78, 5) is 16.3. The van der Waals surface area contributed by atoms with Gasteiger partial charge in [-0.15, -0.1) is 0 Å². The highest BCUT2D eigenvalue weighted by Crippen LogP contribution is 2.19. The number of hydrogen-bond donors (Lipinski definition) is 1. The average molecular weight is 322 g/mol. The zero-order valence-electron chi connectivity index (χ0n) is 13.3. The molecule has 122 valence electrons. The third-order valence-corrected chi connectivity index (χ3v) is 3.44. The van der Waals surface area contributed by atoms with Crippen molar-refractivity contribution in [1.29, 1.82) is 0 Å². The lowest BCUT2D eigenvalue weighted by Crippen LogP contribution is -2.16. The van der Waals surface area contributed by atoms with E-state index in [1.807, 2.05) is 55.5 Å².